The Morgan fingerprint density at radius 1 is 1.30 bits per heavy atom. The number of nitriles is 1. The molecule has 1 fully saturated rings. The average molecular weight is 523 g/mol. The van der Waals surface area contributed by atoms with Gasteiger partial charge in [0.05, 0.1) is 29.1 Å². The second kappa shape index (κ2) is 11.7. The van der Waals surface area contributed by atoms with E-state index in [4.69, 9.17) is 0 Å². The fourth-order valence-electron chi connectivity index (χ4n) is 4.30. The number of aryl methyl sites for hydroxylation is 1. The van der Waals surface area contributed by atoms with Crippen LogP contribution in [0.25, 0.3) is 0 Å². The van der Waals surface area contributed by atoms with E-state index in [9.17, 15) is 23.9 Å². The Balaban J connectivity index is 1.54. The van der Waals surface area contributed by atoms with Crippen LogP contribution in [0.5, 0.6) is 0 Å². The maximum atomic E-state index is 13.2. The number of urea groups is 1. The number of nitrogens with one attached hydrogen (secondary N) is 2. The van der Waals surface area contributed by atoms with Gasteiger partial charge in [-0.15, -0.1) is 0 Å². The molecule has 0 atom stereocenters. The van der Waals surface area contributed by atoms with Crippen LogP contribution in [0, 0.1) is 11.3 Å². The van der Waals surface area contributed by atoms with Crippen LogP contribution in [0.3, 0.4) is 0 Å². The van der Waals surface area contributed by atoms with E-state index in [1.54, 1.807) is 4.90 Å². The van der Waals surface area contributed by atoms with Gasteiger partial charge in [-0.3, -0.25) is 24.7 Å². The molecule has 2 aromatic rings. The Morgan fingerprint density at radius 3 is 2.86 bits per heavy atom. The third-order valence-electron chi connectivity index (χ3n) is 6.21. The van der Waals surface area contributed by atoms with Gasteiger partial charge in [-0.1, -0.05) is 0 Å². The van der Waals surface area contributed by atoms with E-state index in [2.05, 4.69) is 20.6 Å². The van der Waals surface area contributed by atoms with Gasteiger partial charge in [0.2, 0.25) is 5.91 Å². The molecule has 4 heterocycles. The van der Waals surface area contributed by atoms with Crippen molar-refractivity contribution in [2.24, 2.45) is 0 Å². The fraction of sp³-hybridized carbons (Fsp3) is 0.375. The van der Waals surface area contributed by atoms with Crippen molar-refractivity contribution in [2.75, 3.05) is 55.3 Å². The summed E-state index contributed by atoms with van der Waals surface area (Å²) < 4.78 is 10.6. The Kier molecular flexibility index (Phi) is 8.22. The number of carbonyl (C=O) groups is 3. The highest BCUT2D eigenvalue weighted by Crippen LogP contribution is 2.29. The van der Waals surface area contributed by atoms with Crippen molar-refractivity contribution in [3.8, 4) is 6.07 Å². The minimum atomic E-state index is -0.475. The number of hydrogen-bond acceptors (Lipinski definition) is 9. The minimum Gasteiger partial charge on any atom is -0.379 e. The zero-order valence-electron chi connectivity index (χ0n) is 20.3. The molecule has 0 aromatic carbocycles. The lowest BCUT2D eigenvalue weighted by molar-refractivity contribution is -0.136. The maximum Gasteiger partial charge on any atom is 0.328 e. The third kappa shape index (κ3) is 5.99. The first kappa shape index (κ1) is 25.9. The summed E-state index contributed by atoms with van der Waals surface area (Å²) in [7, 11) is 1.89. The summed E-state index contributed by atoms with van der Waals surface area (Å²) in [6.45, 7) is 2.59. The van der Waals surface area contributed by atoms with E-state index in [1.165, 1.54) is 22.5 Å². The van der Waals surface area contributed by atoms with Gasteiger partial charge in [0.1, 0.15) is 23.4 Å². The molecule has 12 nitrogen and oxygen atoms in total. The first-order valence-corrected chi connectivity index (χ1v) is 12.5. The van der Waals surface area contributed by atoms with Crippen LogP contribution in [0.1, 0.15) is 33.6 Å². The molecule has 3 amide bonds. The highest BCUT2D eigenvalue weighted by molar-refractivity contribution is 7.64. The molecule has 2 aromatic heterocycles. The lowest BCUT2D eigenvalue weighted by Crippen LogP contribution is -2.48. The van der Waals surface area contributed by atoms with Crippen molar-refractivity contribution in [1.29, 1.82) is 5.26 Å². The van der Waals surface area contributed by atoms with Crippen molar-refractivity contribution < 1.29 is 18.6 Å². The number of aldehydes is 1. The standard InChI is InChI=1S/C24H26N8O4S/c1-30-6-7-31(22(34)14-30)13-17-9-16-3-2-5-32(23(16)28-20(17)15-33)24(35)29-21-10-19(26-4-8-37-36)18(11-25)12-27-21/h8-10,12,15H,2-7,13-14H2,1H3,(H2,26,27,29,35). The fourth-order valence-corrected chi connectivity index (χ4v) is 4.46. The molecule has 13 heteroatoms. The van der Waals surface area contributed by atoms with E-state index in [0.717, 1.165) is 12.1 Å². The van der Waals surface area contributed by atoms with Gasteiger partial charge in [0.15, 0.2) is 6.29 Å². The normalized spacial score (nSPS) is 15.4. The molecule has 2 aliphatic rings. The second-order valence-electron chi connectivity index (χ2n) is 8.74. The molecule has 0 radical (unpaired) electrons. The molecular weight excluding hydrogens is 496 g/mol. The summed E-state index contributed by atoms with van der Waals surface area (Å²) in [5.41, 5.74) is 2.38. The predicted molar refractivity (Wildman–Crippen MR) is 139 cm³/mol. The van der Waals surface area contributed by atoms with Crippen LogP contribution in [-0.2, 0) is 29.0 Å². The quantitative estimate of drug-likeness (QED) is 0.398. The molecule has 2 N–H and O–H groups in total. The summed E-state index contributed by atoms with van der Waals surface area (Å²) in [6.07, 6.45) is 3.37. The molecule has 37 heavy (non-hydrogen) atoms. The van der Waals surface area contributed by atoms with E-state index in [1.807, 2.05) is 24.1 Å². The number of rotatable bonds is 7. The zero-order chi connectivity index (χ0) is 26.4. The van der Waals surface area contributed by atoms with Gasteiger partial charge in [0, 0.05) is 55.9 Å². The molecule has 2 aliphatic heterocycles. The molecular formula is C24H26N8O4S. The highest BCUT2D eigenvalue weighted by atomic mass is 32.1. The van der Waals surface area contributed by atoms with Crippen molar-refractivity contribution in [1.82, 2.24) is 19.8 Å². The van der Waals surface area contributed by atoms with Gasteiger partial charge >= 0.3 is 6.03 Å². The van der Waals surface area contributed by atoms with Gasteiger partial charge in [-0.05, 0) is 31.5 Å². The molecule has 0 saturated carbocycles. The lowest BCUT2D eigenvalue weighted by Gasteiger charge is -2.33. The summed E-state index contributed by atoms with van der Waals surface area (Å²) in [5.74, 6) is 0.611. The third-order valence-corrected chi connectivity index (χ3v) is 6.51. The van der Waals surface area contributed by atoms with E-state index < -0.39 is 6.03 Å². The van der Waals surface area contributed by atoms with Crippen molar-refractivity contribution in [3.05, 3.63) is 40.7 Å². The van der Waals surface area contributed by atoms with Crippen LogP contribution in [0.15, 0.2) is 18.3 Å². The number of carbonyl (C=O) groups excluding carboxylic acids is 3. The van der Waals surface area contributed by atoms with Crippen LogP contribution < -0.4 is 15.5 Å². The Morgan fingerprint density at radius 2 is 2.14 bits per heavy atom. The summed E-state index contributed by atoms with van der Waals surface area (Å²) in [6, 6.07) is 4.92. The van der Waals surface area contributed by atoms with E-state index >= 15 is 0 Å². The van der Waals surface area contributed by atoms with Crippen LogP contribution in [0.4, 0.5) is 22.1 Å². The van der Waals surface area contributed by atoms with Gasteiger partial charge in [0.25, 0.3) is 0 Å². The van der Waals surface area contributed by atoms with Crippen molar-refractivity contribution in [2.45, 2.75) is 19.4 Å². The lowest BCUT2D eigenvalue weighted by atomic mass is 10.0. The zero-order valence-corrected chi connectivity index (χ0v) is 21.1. The first-order valence-electron chi connectivity index (χ1n) is 11.7. The second-order valence-corrected chi connectivity index (χ2v) is 9.27. The van der Waals surface area contributed by atoms with Crippen molar-refractivity contribution in [3.63, 3.8) is 0 Å². The molecule has 0 aliphatic carbocycles. The van der Waals surface area contributed by atoms with E-state index in [-0.39, 0.29) is 29.5 Å². The SMILES string of the molecule is CN1CCN(Cc2cc3c(nc2C=O)N(C(=O)Nc2cc(NCC=S=O)c(C#N)cn2)CCC3)C(=O)C1. The summed E-state index contributed by atoms with van der Waals surface area (Å²) in [5, 5.41) is 16.4. The molecule has 192 valence electrons. The Hall–Kier alpha value is -4.15. The molecule has 0 spiro atoms. The topological polar surface area (TPSA) is 152 Å². The van der Waals surface area contributed by atoms with Crippen LogP contribution in [0.2, 0.25) is 0 Å². The maximum absolute atomic E-state index is 13.2. The number of likely N-dealkylation sites (N-methyl/N-ethyl adjacent to an activating group) is 1. The largest absolute Gasteiger partial charge is 0.379 e. The monoisotopic (exact) mass is 522 g/mol. The predicted octanol–water partition coefficient (Wildman–Crippen LogP) is 0.847. The van der Waals surface area contributed by atoms with Crippen molar-refractivity contribution >= 4 is 52.2 Å². The minimum absolute atomic E-state index is 0.00206. The number of anilines is 3. The van der Waals surface area contributed by atoms with E-state index in [0.29, 0.717) is 73.6 Å². The molecule has 0 unspecified atom stereocenters. The number of hydrogen-bond donors (Lipinski definition) is 2. The Labute approximate surface area is 217 Å². The van der Waals surface area contributed by atoms with Crippen LogP contribution >= 0.6 is 0 Å². The first-order chi connectivity index (χ1) is 17.9. The van der Waals surface area contributed by atoms with Crippen LogP contribution in [-0.4, -0.2) is 87.3 Å². The summed E-state index contributed by atoms with van der Waals surface area (Å²) in [4.78, 5) is 51.3. The molecule has 4 rings (SSSR count). The average Bonchev–Trinajstić information content (AvgIpc) is 2.89. The number of aromatic nitrogens is 2. The van der Waals surface area contributed by atoms with Gasteiger partial charge < -0.3 is 10.2 Å². The Bertz CT molecular complexity index is 1320. The molecule has 1 saturated heterocycles. The van der Waals surface area contributed by atoms with Gasteiger partial charge in [-0.2, -0.15) is 5.26 Å². The smallest absolute Gasteiger partial charge is 0.328 e. The highest BCUT2D eigenvalue weighted by Gasteiger charge is 2.28. The number of pyridine rings is 2. The number of amides is 3. The molecule has 0 bridgehead atoms. The number of piperazine rings is 1. The number of nitrogens with zero attached hydrogens (tertiary/aromatic N) is 6. The number of fused-ring (bicyclic) bond motifs is 1. The summed E-state index contributed by atoms with van der Waals surface area (Å²) >= 11 is 0.310. The van der Waals surface area contributed by atoms with Gasteiger partial charge in [-0.25, -0.2) is 19.0 Å².